The van der Waals surface area contributed by atoms with Gasteiger partial charge in [0.1, 0.15) is 5.75 Å². The fourth-order valence-electron chi connectivity index (χ4n) is 2.59. The summed E-state index contributed by atoms with van der Waals surface area (Å²) in [5.74, 6) is 0.913. The number of carbonyl (C=O) groups is 1. The molecule has 2 heterocycles. The first-order chi connectivity index (χ1) is 11.1. The number of carbonyl (C=O) groups excluding carboxylic acids is 1. The molecular weight excluding hydrogens is 292 g/mol. The number of nitrogens with one attached hydrogen (secondary N) is 1. The number of piperazine rings is 1. The normalized spacial score (nSPS) is 17.7. The Morgan fingerprint density at radius 2 is 2.00 bits per heavy atom. The average Bonchev–Trinajstić information content (AvgIpc) is 2.57. The molecule has 0 bridgehead atoms. The molecule has 1 fully saturated rings. The van der Waals surface area contributed by atoms with E-state index in [4.69, 9.17) is 4.74 Å². The van der Waals surface area contributed by atoms with Crippen LogP contribution in [-0.4, -0.2) is 66.6 Å². The standard InChI is InChI=1S/C17H28N4O2/c1-4-14(2)19-17(22)13-21-9-7-20(8-10-21)12-15-5-6-16(23-3)11-18-15/h5-6,11,14H,4,7-10,12-13H2,1-3H3,(H,19,22). The zero-order valence-corrected chi connectivity index (χ0v) is 14.4. The van der Waals surface area contributed by atoms with Crippen LogP contribution in [0.2, 0.25) is 0 Å². The Labute approximate surface area is 138 Å². The van der Waals surface area contributed by atoms with Crippen molar-refractivity contribution < 1.29 is 9.53 Å². The van der Waals surface area contributed by atoms with Crippen molar-refractivity contribution in [2.24, 2.45) is 0 Å². The second kappa shape index (κ2) is 8.84. The Hall–Kier alpha value is -1.66. The van der Waals surface area contributed by atoms with E-state index in [1.807, 2.05) is 19.1 Å². The third-order valence-electron chi connectivity index (χ3n) is 4.27. The number of hydrogen-bond acceptors (Lipinski definition) is 5. The van der Waals surface area contributed by atoms with Crippen molar-refractivity contribution >= 4 is 5.91 Å². The van der Waals surface area contributed by atoms with Crippen molar-refractivity contribution in [2.45, 2.75) is 32.9 Å². The third kappa shape index (κ3) is 5.80. The molecule has 0 spiro atoms. The lowest BCUT2D eigenvalue weighted by molar-refractivity contribution is -0.123. The van der Waals surface area contributed by atoms with Crippen LogP contribution in [0, 0.1) is 0 Å². The summed E-state index contributed by atoms with van der Waals surface area (Å²) in [4.78, 5) is 20.9. The largest absolute Gasteiger partial charge is 0.495 e. The number of amides is 1. The molecule has 1 amide bonds. The van der Waals surface area contributed by atoms with Crippen molar-refractivity contribution in [2.75, 3.05) is 39.8 Å². The van der Waals surface area contributed by atoms with Gasteiger partial charge in [-0.05, 0) is 25.5 Å². The fraction of sp³-hybridized carbons (Fsp3) is 0.647. The zero-order chi connectivity index (χ0) is 16.7. The van der Waals surface area contributed by atoms with Gasteiger partial charge < -0.3 is 10.1 Å². The second-order valence-corrected chi connectivity index (χ2v) is 6.12. The Bertz CT molecular complexity index is 484. The van der Waals surface area contributed by atoms with Gasteiger partial charge >= 0.3 is 0 Å². The highest BCUT2D eigenvalue weighted by atomic mass is 16.5. The molecule has 1 unspecified atom stereocenters. The number of aromatic nitrogens is 1. The van der Waals surface area contributed by atoms with E-state index in [9.17, 15) is 4.79 Å². The summed E-state index contributed by atoms with van der Waals surface area (Å²) in [7, 11) is 1.65. The number of methoxy groups -OCH3 is 1. The third-order valence-corrected chi connectivity index (χ3v) is 4.27. The Kier molecular flexibility index (Phi) is 6.80. The summed E-state index contributed by atoms with van der Waals surface area (Å²) in [6.07, 6.45) is 2.72. The predicted molar refractivity (Wildman–Crippen MR) is 90.4 cm³/mol. The first kappa shape index (κ1) is 17.7. The molecule has 1 N–H and O–H groups in total. The van der Waals surface area contributed by atoms with Crippen LogP contribution in [0.15, 0.2) is 18.3 Å². The van der Waals surface area contributed by atoms with Crippen molar-refractivity contribution in [3.63, 3.8) is 0 Å². The minimum atomic E-state index is 0.129. The molecule has 1 atom stereocenters. The van der Waals surface area contributed by atoms with Gasteiger partial charge in [-0.3, -0.25) is 19.6 Å². The molecule has 0 aliphatic carbocycles. The van der Waals surface area contributed by atoms with Crippen molar-refractivity contribution in [1.29, 1.82) is 0 Å². The smallest absolute Gasteiger partial charge is 0.234 e. The van der Waals surface area contributed by atoms with Gasteiger partial charge in [-0.25, -0.2) is 0 Å². The van der Waals surface area contributed by atoms with Gasteiger partial charge in [0.2, 0.25) is 5.91 Å². The number of pyridine rings is 1. The molecule has 1 aromatic rings. The van der Waals surface area contributed by atoms with Crippen LogP contribution in [0.25, 0.3) is 0 Å². The molecule has 1 aliphatic rings. The van der Waals surface area contributed by atoms with Gasteiger partial charge in [-0.1, -0.05) is 6.92 Å². The van der Waals surface area contributed by atoms with Crippen LogP contribution in [-0.2, 0) is 11.3 Å². The van der Waals surface area contributed by atoms with Gasteiger partial charge in [0.05, 0.1) is 25.5 Å². The molecule has 128 valence electrons. The molecule has 0 saturated carbocycles. The number of nitrogens with zero attached hydrogens (tertiary/aromatic N) is 3. The molecule has 0 aromatic carbocycles. The minimum absolute atomic E-state index is 0.129. The molecule has 6 heteroatoms. The Balaban J connectivity index is 1.72. The lowest BCUT2D eigenvalue weighted by Crippen LogP contribution is -2.49. The van der Waals surface area contributed by atoms with E-state index >= 15 is 0 Å². The second-order valence-electron chi connectivity index (χ2n) is 6.12. The molecule has 2 rings (SSSR count). The van der Waals surface area contributed by atoms with E-state index in [0.29, 0.717) is 6.54 Å². The predicted octanol–water partition coefficient (Wildman–Crippen LogP) is 1.12. The van der Waals surface area contributed by atoms with E-state index in [1.54, 1.807) is 13.3 Å². The van der Waals surface area contributed by atoms with Crippen LogP contribution < -0.4 is 10.1 Å². The van der Waals surface area contributed by atoms with E-state index in [2.05, 4.69) is 27.0 Å². The summed E-state index contributed by atoms with van der Waals surface area (Å²) < 4.78 is 5.12. The SMILES string of the molecule is CCC(C)NC(=O)CN1CCN(Cc2ccc(OC)cn2)CC1. The van der Waals surface area contributed by atoms with Crippen molar-refractivity contribution in [1.82, 2.24) is 20.1 Å². The fourth-order valence-corrected chi connectivity index (χ4v) is 2.59. The molecule has 0 radical (unpaired) electrons. The van der Waals surface area contributed by atoms with Crippen molar-refractivity contribution in [3.8, 4) is 5.75 Å². The molecule has 6 nitrogen and oxygen atoms in total. The number of rotatable bonds is 7. The topological polar surface area (TPSA) is 57.7 Å². The molecule has 1 aliphatic heterocycles. The highest BCUT2D eigenvalue weighted by Crippen LogP contribution is 2.11. The summed E-state index contributed by atoms with van der Waals surface area (Å²) >= 11 is 0. The lowest BCUT2D eigenvalue weighted by Gasteiger charge is -2.34. The monoisotopic (exact) mass is 320 g/mol. The van der Waals surface area contributed by atoms with E-state index in [-0.39, 0.29) is 11.9 Å². The van der Waals surface area contributed by atoms with Gasteiger partial charge in [-0.2, -0.15) is 0 Å². The van der Waals surface area contributed by atoms with E-state index in [0.717, 1.165) is 50.6 Å². The highest BCUT2D eigenvalue weighted by Gasteiger charge is 2.19. The van der Waals surface area contributed by atoms with Gasteiger partial charge in [0.15, 0.2) is 0 Å². The van der Waals surface area contributed by atoms with Gasteiger partial charge in [0.25, 0.3) is 0 Å². The van der Waals surface area contributed by atoms with Gasteiger partial charge in [0, 0.05) is 38.8 Å². The lowest BCUT2D eigenvalue weighted by atomic mass is 10.2. The quantitative estimate of drug-likeness (QED) is 0.816. The van der Waals surface area contributed by atoms with Crippen LogP contribution >= 0.6 is 0 Å². The molecular formula is C17H28N4O2. The van der Waals surface area contributed by atoms with Gasteiger partial charge in [-0.15, -0.1) is 0 Å². The van der Waals surface area contributed by atoms with Crippen LogP contribution in [0.3, 0.4) is 0 Å². The maximum Gasteiger partial charge on any atom is 0.234 e. The van der Waals surface area contributed by atoms with Crippen LogP contribution in [0.4, 0.5) is 0 Å². The summed E-state index contributed by atoms with van der Waals surface area (Å²) in [5.41, 5.74) is 1.05. The van der Waals surface area contributed by atoms with Crippen LogP contribution in [0.1, 0.15) is 26.0 Å². The highest BCUT2D eigenvalue weighted by molar-refractivity contribution is 5.78. The molecule has 23 heavy (non-hydrogen) atoms. The van der Waals surface area contributed by atoms with E-state index < -0.39 is 0 Å². The summed E-state index contributed by atoms with van der Waals surface area (Å²) in [6.45, 7) is 9.23. The summed E-state index contributed by atoms with van der Waals surface area (Å²) in [5, 5.41) is 3.02. The Morgan fingerprint density at radius 3 is 2.57 bits per heavy atom. The zero-order valence-electron chi connectivity index (χ0n) is 14.4. The number of hydrogen-bond donors (Lipinski definition) is 1. The molecule has 1 saturated heterocycles. The van der Waals surface area contributed by atoms with Crippen molar-refractivity contribution in [3.05, 3.63) is 24.0 Å². The van der Waals surface area contributed by atoms with Crippen LogP contribution in [0.5, 0.6) is 5.75 Å². The maximum absolute atomic E-state index is 11.9. The Morgan fingerprint density at radius 1 is 1.30 bits per heavy atom. The summed E-state index contributed by atoms with van der Waals surface area (Å²) in [6, 6.07) is 4.20. The average molecular weight is 320 g/mol. The number of ether oxygens (including phenoxy) is 1. The van der Waals surface area contributed by atoms with E-state index in [1.165, 1.54) is 0 Å². The maximum atomic E-state index is 11.9. The minimum Gasteiger partial charge on any atom is -0.495 e. The first-order valence-electron chi connectivity index (χ1n) is 8.33. The first-order valence-corrected chi connectivity index (χ1v) is 8.33. The molecule has 1 aromatic heterocycles.